The van der Waals surface area contributed by atoms with E-state index in [1.54, 1.807) is 20.8 Å². The normalized spacial score (nSPS) is 15.9. The van der Waals surface area contributed by atoms with Crippen molar-refractivity contribution in [2.75, 3.05) is 18.7 Å². The molecule has 0 aliphatic heterocycles. The van der Waals surface area contributed by atoms with Crippen LogP contribution in [0.25, 0.3) is 10.9 Å². The third kappa shape index (κ3) is 5.16. The third-order valence-corrected chi connectivity index (χ3v) is 9.51. The zero-order chi connectivity index (χ0) is 20.8. The number of esters is 1. The lowest BCUT2D eigenvalue weighted by Gasteiger charge is -2.35. The van der Waals surface area contributed by atoms with Gasteiger partial charge in [0.05, 0.1) is 29.3 Å². The summed E-state index contributed by atoms with van der Waals surface area (Å²) in [6.07, 6.45) is 0.439. The summed E-state index contributed by atoms with van der Waals surface area (Å²) in [4.78, 5) is 17.4. The number of rotatable bonds is 10. The molecule has 0 fully saturated rings. The van der Waals surface area contributed by atoms with Gasteiger partial charge in [-0.2, -0.15) is 0 Å². The summed E-state index contributed by atoms with van der Waals surface area (Å²) in [7, 11) is -3.36. The van der Waals surface area contributed by atoms with Gasteiger partial charge in [-0.1, -0.05) is 49.9 Å². The van der Waals surface area contributed by atoms with Crippen LogP contribution >= 0.6 is 19.1 Å². The van der Waals surface area contributed by atoms with Crippen molar-refractivity contribution in [3.63, 3.8) is 0 Å². The Morgan fingerprint density at radius 2 is 1.89 bits per heavy atom. The Morgan fingerprint density at radius 3 is 2.54 bits per heavy atom. The lowest BCUT2D eigenvalue weighted by atomic mass is 9.98. The maximum Gasteiger partial charge on any atom is 0.321 e. The molecule has 2 rings (SSSR count). The van der Waals surface area contributed by atoms with E-state index < -0.39 is 18.5 Å². The molecule has 5 nitrogen and oxygen atoms in total. The van der Waals surface area contributed by atoms with Crippen molar-refractivity contribution in [3.8, 4) is 0 Å². The molecule has 0 aliphatic rings. The van der Waals surface area contributed by atoms with Crippen LogP contribution in [0, 0.1) is 5.92 Å². The Bertz CT molecular complexity index is 857. The average molecular weight is 424 g/mol. The van der Waals surface area contributed by atoms with Crippen LogP contribution in [0.15, 0.2) is 41.4 Å². The van der Waals surface area contributed by atoms with E-state index >= 15 is 0 Å². The number of benzene rings is 1. The quantitative estimate of drug-likeness (QED) is 0.267. The first-order valence-corrected chi connectivity index (χ1v) is 12.4. The van der Waals surface area contributed by atoms with Gasteiger partial charge in [0.2, 0.25) is 7.37 Å². The number of carbonyl (C=O) groups excluding carboxylic acids is 1. The third-order valence-electron chi connectivity index (χ3n) is 4.57. The van der Waals surface area contributed by atoms with E-state index in [1.165, 1.54) is 11.8 Å². The monoisotopic (exact) mass is 423 g/mol. The highest BCUT2D eigenvalue weighted by Crippen LogP contribution is 2.64. The van der Waals surface area contributed by atoms with Crippen molar-refractivity contribution in [1.29, 1.82) is 0 Å². The Hall–Kier alpha value is -1.36. The fraction of sp³-hybridized carbons (Fsp3) is 0.524. The van der Waals surface area contributed by atoms with Crippen molar-refractivity contribution in [2.45, 2.75) is 51.2 Å². The summed E-state index contributed by atoms with van der Waals surface area (Å²) in [5.74, 6) is -0.278. The number of aromatic nitrogens is 1. The van der Waals surface area contributed by atoms with Gasteiger partial charge in [0, 0.05) is 5.39 Å². The number of carbonyl (C=O) groups is 1. The smallest absolute Gasteiger partial charge is 0.321 e. The predicted molar refractivity (Wildman–Crippen MR) is 116 cm³/mol. The summed E-state index contributed by atoms with van der Waals surface area (Å²) in [5, 5.41) is 0.627. The van der Waals surface area contributed by atoms with E-state index in [1.807, 2.05) is 50.2 Å². The highest BCUT2D eigenvalue weighted by Gasteiger charge is 2.52. The molecular weight excluding hydrogens is 393 g/mol. The molecule has 154 valence electrons. The molecule has 1 aromatic heterocycles. The number of fused-ring (bicyclic) bond motifs is 1. The summed E-state index contributed by atoms with van der Waals surface area (Å²) in [5.41, 5.74) is 1.06. The maximum absolute atomic E-state index is 14.0. The first-order valence-electron chi connectivity index (χ1n) is 9.65. The minimum atomic E-state index is -3.36. The summed E-state index contributed by atoms with van der Waals surface area (Å²) in [6, 6.07) is 11.8. The number of hydrogen-bond donors (Lipinski definition) is 0. The molecule has 2 unspecified atom stereocenters. The first kappa shape index (κ1) is 22.9. The minimum Gasteiger partial charge on any atom is -0.465 e. The van der Waals surface area contributed by atoms with Crippen molar-refractivity contribution in [3.05, 3.63) is 36.4 Å². The van der Waals surface area contributed by atoms with Crippen LogP contribution in [0.3, 0.4) is 0 Å². The van der Waals surface area contributed by atoms with Gasteiger partial charge in [-0.05, 0) is 45.2 Å². The van der Waals surface area contributed by atoms with Crippen molar-refractivity contribution in [1.82, 2.24) is 4.98 Å². The zero-order valence-corrected chi connectivity index (χ0v) is 19.0. The van der Waals surface area contributed by atoms with Crippen LogP contribution in [0.2, 0.25) is 0 Å². The lowest BCUT2D eigenvalue weighted by molar-refractivity contribution is -0.146. The lowest BCUT2D eigenvalue weighted by Crippen LogP contribution is -2.39. The molecule has 28 heavy (non-hydrogen) atoms. The van der Waals surface area contributed by atoms with E-state index in [0.29, 0.717) is 6.42 Å². The van der Waals surface area contributed by atoms with Gasteiger partial charge < -0.3 is 9.26 Å². The molecule has 0 amide bonds. The second-order valence-electron chi connectivity index (χ2n) is 7.30. The van der Waals surface area contributed by atoms with Gasteiger partial charge in [0.1, 0.15) is 5.16 Å². The van der Waals surface area contributed by atoms with E-state index in [-0.39, 0.29) is 24.6 Å². The molecular formula is C21H30NO4PS. The van der Waals surface area contributed by atoms with Crippen molar-refractivity contribution in [2.24, 2.45) is 5.92 Å². The number of para-hydroxylation sites is 1. The van der Waals surface area contributed by atoms with E-state index in [9.17, 15) is 9.36 Å². The molecule has 0 radical (unpaired) electrons. The number of nitrogens with zero attached hydrogens (tertiary/aromatic N) is 1. The van der Waals surface area contributed by atoms with Gasteiger partial charge in [-0.15, -0.1) is 0 Å². The second kappa shape index (κ2) is 9.91. The van der Waals surface area contributed by atoms with E-state index in [0.717, 1.165) is 15.9 Å². The Labute approximate surface area is 172 Å². The summed E-state index contributed by atoms with van der Waals surface area (Å²) >= 11 is 1.36. The molecule has 0 N–H and O–H groups in total. The number of thioether (sulfide) groups is 1. The van der Waals surface area contributed by atoms with Crippen LogP contribution in [-0.4, -0.2) is 34.8 Å². The SMILES string of the molecule is CCOC(=O)C(C)(CC(C)C)P(=O)(CSc1ccc2ccccc2n1)OCC. The van der Waals surface area contributed by atoms with Crippen LogP contribution in [0.4, 0.5) is 0 Å². The van der Waals surface area contributed by atoms with Crippen LogP contribution in [0.5, 0.6) is 0 Å². The molecule has 0 bridgehead atoms. The van der Waals surface area contributed by atoms with Gasteiger partial charge in [0.15, 0.2) is 0 Å². The van der Waals surface area contributed by atoms with Crippen LogP contribution in [-0.2, 0) is 18.6 Å². The molecule has 1 aromatic carbocycles. The van der Waals surface area contributed by atoms with Gasteiger partial charge in [0.25, 0.3) is 0 Å². The Kier molecular flexibility index (Phi) is 8.11. The van der Waals surface area contributed by atoms with Crippen LogP contribution in [0.1, 0.15) is 41.0 Å². The highest BCUT2D eigenvalue weighted by molar-refractivity contribution is 8.05. The number of pyridine rings is 1. The van der Waals surface area contributed by atoms with Gasteiger partial charge >= 0.3 is 5.97 Å². The molecule has 2 atom stereocenters. The van der Waals surface area contributed by atoms with Gasteiger partial charge in [-0.3, -0.25) is 9.36 Å². The summed E-state index contributed by atoms with van der Waals surface area (Å²) < 4.78 is 25.0. The average Bonchev–Trinajstić information content (AvgIpc) is 2.66. The van der Waals surface area contributed by atoms with Crippen molar-refractivity contribution >= 4 is 36.0 Å². The molecule has 0 saturated carbocycles. The first-order chi connectivity index (χ1) is 13.3. The van der Waals surface area contributed by atoms with Gasteiger partial charge in [-0.25, -0.2) is 4.98 Å². The largest absolute Gasteiger partial charge is 0.465 e. The molecule has 1 heterocycles. The number of ether oxygens (including phenoxy) is 1. The topological polar surface area (TPSA) is 65.5 Å². The Balaban J connectivity index is 2.32. The van der Waals surface area contributed by atoms with E-state index in [2.05, 4.69) is 4.98 Å². The van der Waals surface area contributed by atoms with Crippen LogP contribution < -0.4 is 0 Å². The fourth-order valence-electron chi connectivity index (χ4n) is 3.25. The molecule has 7 heteroatoms. The maximum atomic E-state index is 14.0. The molecule has 0 spiro atoms. The second-order valence-corrected chi connectivity index (χ2v) is 11.6. The predicted octanol–water partition coefficient (Wildman–Crippen LogP) is 5.97. The Morgan fingerprint density at radius 1 is 1.18 bits per heavy atom. The fourth-order valence-corrected chi connectivity index (χ4v) is 7.91. The molecule has 0 saturated heterocycles. The standard InChI is InChI=1S/C21H30NO4PS/c1-6-25-20(23)21(5,14-16(3)4)27(24,26-7-2)15-28-19-13-12-17-10-8-9-11-18(17)22-19/h8-13,16H,6-7,14-15H2,1-5H3. The zero-order valence-electron chi connectivity index (χ0n) is 17.3. The van der Waals surface area contributed by atoms with Crippen molar-refractivity contribution < 1.29 is 18.6 Å². The molecule has 0 aliphatic carbocycles. The van der Waals surface area contributed by atoms with E-state index in [4.69, 9.17) is 9.26 Å². The molecule has 2 aromatic rings. The highest BCUT2D eigenvalue weighted by atomic mass is 32.2. The summed E-state index contributed by atoms with van der Waals surface area (Å²) in [6.45, 7) is 9.81. The minimum absolute atomic E-state index is 0.173. The number of hydrogen-bond acceptors (Lipinski definition) is 6.